The largest absolute Gasteiger partial charge is 0.288 e. The van der Waals surface area contributed by atoms with Crippen LogP contribution < -0.4 is 0 Å². The third-order valence-corrected chi connectivity index (χ3v) is 5.05. The number of nitro benzene ring substituents is 2. The molecule has 0 amide bonds. The maximum atomic E-state index is 10.7. The van der Waals surface area contributed by atoms with Gasteiger partial charge in [0.1, 0.15) is 4.62 Å². The van der Waals surface area contributed by atoms with E-state index in [4.69, 9.17) is 0 Å². The summed E-state index contributed by atoms with van der Waals surface area (Å²) < 4.78 is 0.704. The number of aryl methyl sites for hydroxylation is 2. The fourth-order valence-corrected chi connectivity index (χ4v) is 3.48. The summed E-state index contributed by atoms with van der Waals surface area (Å²) in [6.07, 6.45) is 1.68. The predicted molar refractivity (Wildman–Crippen MR) is 106 cm³/mol. The number of aliphatic imine (C=N–C) groups is 2. The predicted octanol–water partition coefficient (Wildman–Crippen LogP) is 4.39. The molecule has 2 aliphatic heterocycles. The Kier molecular flexibility index (Phi) is 5.13. The summed E-state index contributed by atoms with van der Waals surface area (Å²) in [7, 11) is 0. The van der Waals surface area contributed by atoms with Gasteiger partial charge >= 0.3 is 0 Å². The number of rotatable bonds is 2. The van der Waals surface area contributed by atoms with Crippen molar-refractivity contribution >= 4 is 38.1 Å². The Morgan fingerprint density at radius 2 is 1.52 bits per heavy atom. The van der Waals surface area contributed by atoms with Gasteiger partial charge in [-0.2, -0.15) is 0 Å². The standard InChI is InChI=1S/C9H7BrN2O2.C9H8N2O2/c1-5-2-6-4-11-9(10)7(6)3-8(5)12(13)14;1-6-2-7-4-10-5-8(7)3-9(6)11(12)13/h2-3H,4H2,1H3;2-3,5H,4H2,1H3. The second kappa shape index (κ2) is 7.36. The van der Waals surface area contributed by atoms with Gasteiger partial charge in [0.15, 0.2) is 0 Å². The molecule has 0 bridgehead atoms. The number of nitrogens with zero attached hydrogens (tertiary/aromatic N) is 4. The van der Waals surface area contributed by atoms with Gasteiger partial charge in [0.25, 0.3) is 11.4 Å². The Hall–Kier alpha value is -2.94. The molecule has 0 saturated heterocycles. The van der Waals surface area contributed by atoms with Crippen molar-refractivity contribution in [3.05, 3.63) is 77.9 Å². The molecular formula is C18H15BrN4O4. The van der Waals surface area contributed by atoms with Crippen molar-refractivity contribution in [3.63, 3.8) is 0 Å². The SMILES string of the molecule is Cc1cc2c(cc1[N+](=O)[O-])C(Br)=NC2.Cc1cc2c(cc1[N+](=O)[O-])C=NC2. The van der Waals surface area contributed by atoms with Crippen molar-refractivity contribution in [3.8, 4) is 0 Å². The highest BCUT2D eigenvalue weighted by molar-refractivity contribution is 9.18. The molecule has 0 unspecified atom stereocenters. The van der Waals surface area contributed by atoms with Crippen molar-refractivity contribution in [2.45, 2.75) is 26.9 Å². The van der Waals surface area contributed by atoms with E-state index >= 15 is 0 Å². The van der Waals surface area contributed by atoms with Crippen molar-refractivity contribution in [2.24, 2.45) is 9.98 Å². The molecule has 2 heterocycles. The molecule has 138 valence electrons. The Labute approximate surface area is 163 Å². The second-order valence-electron chi connectivity index (χ2n) is 6.22. The third-order valence-electron chi connectivity index (χ3n) is 4.38. The number of fused-ring (bicyclic) bond motifs is 2. The lowest BCUT2D eigenvalue weighted by Crippen LogP contribution is -1.96. The molecule has 4 rings (SSSR count). The average Bonchev–Trinajstić information content (AvgIpc) is 3.19. The first kappa shape index (κ1) is 18.8. The van der Waals surface area contributed by atoms with E-state index in [1.54, 1.807) is 32.2 Å². The van der Waals surface area contributed by atoms with Gasteiger partial charge < -0.3 is 0 Å². The third kappa shape index (κ3) is 3.77. The molecular weight excluding hydrogens is 416 g/mol. The Morgan fingerprint density at radius 1 is 0.926 bits per heavy atom. The van der Waals surface area contributed by atoms with Crippen LogP contribution >= 0.6 is 15.9 Å². The number of hydrogen-bond acceptors (Lipinski definition) is 6. The average molecular weight is 431 g/mol. The molecule has 2 aromatic rings. The summed E-state index contributed by atoms with van der Waals surface area (Å²) in [6, 6.07) is 6.82. The molecule has 0 spiro atoms. The van der Waals surface area contributed by atoms with Crippen LogP contribution in [-0.4, -0.2) is 20.7 Å². The van der Waals surface area contributed by atoms with Gasteiger partial charge in [-0.15, -0.1) is 0 Å². The lowest BCUT2D eigenvalue weighted by molar-refractivity contribution is -0.385. The fourth-order valence-electron chi connectivity index (χ4n) is 2.98. The lowest BCUT2D eigenvalue weighted by Gasteiger charge is -2.01. The van der Waals surface area contributed by atoms with Gasteiger partial charge in [-0.3, -0.25) is 30.2 Å². The highest BCUT2D eigenvalue weighted by Crippen LogP contribution is 2.29. The second-order valence-corrected chi connectivity index (χ2v) is 6.98. The Morgan fingerprint density at radius 3 is 2.15 bits per heavy atom. The summed E-state index contributed by atoms with van der Waals surface area (Å²) in [5, 5.41) is 21.3. The molecule has 0 N–H and O–H groups in total. The first-order chi connectivity index (χ1) is 12.8. The maximum Gasteiger partial charge on any atom is 0.273 e. The van der Waals surface area contributed by atoms with Crippen LogP contribution in [0.3, 0.4) is 0 Å². The summed E-state index contributed by atoms with van der Waals surface area (Å²) in [5.74, 6) is 0. The number of nitro groups is 2. The van der Waals surface area contributed by atoms with Gasteiger partial charge in [-0.1, -0.05) is 0 Å². The Bertz CT molecular complexity index is 1030. The smallest absolute Gasteiger partial charge is 0.273 e. The highest BCUT2D eigenvalue weighted by Gasteiger charge is 2.20. The van der Waals surface area contributed by atoms with Crippen LogP contribution in [0.2, 0.25) is 0 Å². The first-order valence-electron chi connectivity index (χ1n) is 8.04. The lowest BCUT2D eigenvalue weighted by atomic mass is 10.1. The molecule has 2 aromatic carbocycles. The van der Waals surface area contributed by atoms with E-state index in [0.717, 1.165) is 22.3 Å². The van der Waals surface area contributed by atoms with Crippen LogP contribution in [0.1, 0.15) is 33.4 Å². The van der Waals surface area contributed by atoms with Gasteiger partial charge in [0.2, 0.25) is 0 Å². The zero-order chi connectivity index (χ0) is 19.7. The topological polar surface area (TPSA) is 111 Å². The van der Waals surface area contributed by atoms with Crippen molar-refractivity contribution in [1.82, 2.24) is 0 Å². The molecule has 8 nitrogen and oxygen atoms in total. The summed E-state index contributed by atoms with van der Waals surface area (Å²) >= 11 is 3.27. The van der Waals surface area contributed by atoms with Crippen LogP contribution in [0.5, 0.6) is 0 Å². The monoisotopic (exact) mass is 430 g/mol. The van der Waals surface area contributed by atoms with Gasteiger partial charge in [0.05, 0.1) is 22.9 Å². The number of halogens is 1. The first-order valence-corrected chi connectivity index (χ1v) is 8.83. The van der Waals surface area contributed by atoms with Crippen molar-refractivity contribution in [1.29, 1.82) is 0 Å². The maximum absolute atomic E-state index is 10.7. The minimum absolute atomic E-state index is 0.151. The van der Waals surface area contributed by atoms with Gasteiger partial charge in [-0.25, -0.2) is 0 Å². The normalized spacial score (nSPS) is 13.4. The molecule has 0 saturated carbocycles. The fraction of sp³-hybridized carbons (Fsp3) is 0.222. The van der Waals surface area contributed by atoms with E-state index in [0.29, 0.717) is 28.8 Å². The quantitative estimate of drug-likeness (QED) is 0.519. The van der Waals surface area contributed by atoms with E-state index < -0.39 is 0 Å². The summed E-state index contributed by atoms with van der Waals surface area (Å²) in [6.45, 7) is 4.74. The van der Waals surface area contributed by atoms with Gasteiger partial charge in [-0.05, 0) is 53.0 Å². The van der Waals surface area contributed by atoms with Crippen LogP contribution in [-0.2, 0) is 13.1 Å². The van der Waals surface area contributed by atoms with E-state index in [1.165, 1.54) is 0 Å². The minimum atomic E-state index is -0.367. The van der Waals surface area contributed by atoms with Gasteiger partial charge in [0, 0.05) is 40.6 Å². The summed E-state index contributed by atoms with van der Waals surface area (Å²) in [5.41, 5.74) is 5.54. The van der Waals surface area contributed by atoms with Crippen molar-refractivity contribution in [2.75, 3.05) is 0 Å². The van der Waals surface area contributed by atoms with E-state index in [9.17, 15) is 20.2 Å². The number of benzene rings is 2. The van der Waals surface area contributed by atoms with Crippen LogP contribution in [0, 0.1) is 34.1 Å². The molecule has 0 atom stereocenters. The van der Waals surface area contributed by atoms with Crippen LogP contribution in [0.25, 0.3) is 0 Å². The molecule has 0 aromatic heterocycles. The highest BCUT2D eigenvalue weighted by atomic mass is 79.9. The number of hydrogen-bond donors (Lipinski definition) is 0. The molecule has 2 aliphatic rings. The zero-order valence-corrected chi connectivity index (χ0v) is 16.2. The zero-order valence-electron chi connectivity index (χ0n) is 14.6. The molecule has 0 radical (unpaired) electrons. The molecule has 9 heteroatoms. The Balaban J connectivity index is 0.000000156. The summed E-state index contributed by atoms with van der Waals surface area (Å²) in [4.78, 5) is 28.7. The molecule has 0 aliphatic carbocycles. The minimum Gasteiger partial charge on any atom is -0.288 e. The van der Waals surface area contributed by atoms with E-state index in [2.05, 4.69) is 25.9 Å². The molecule has 27 heavy (non-hydrogen) atoms. The van der Waals surface area contributed by atoms with Crippen LogP contribution in [0.15, 0.2) is 34.3 Å². The molecule has 0 fully saturated rings. The van der Waals surface area contributed by atoms with E-state index in [1.807, 2.05) is 12.1 Å². The van der Waals surface area contributed by atoms with Crippen molar-refractivity contribution < 1.29 is 9.85 Å². The van der Waals surface area contributed by atoms with Crippen LogP contribution in [0.4, 0.5) is 11.4 Å². The van der Waals surface area contributed by atoms with E-state index in [-0.39, 0.29) is 21.2 Å².